The topological polar surface area (TPSA) is 41.6 Å². The van der Waals surface area contributed by atoms with Crippen LogP contribution in [0.25, 0.3) is 0 Å². The average molecular weight is 432 g/mol. The summed E-state index contributed by atoms with van der Waals surface area (Å²) in [4.78, 5) is 14.4. The number of benzene rings is 1. The summed E-state index contributed by atoms with van der Waals surface area (Å²) in [6.45, 7) is 0. The fraction of sp³-hybridized carbons (Fsp3) is 0.500. The van der Waals surface area contributed by atoms with E-state index in [1.54, 1.807) is 25.3 Å². The van der Waals surface area contributed by atoms with Crippen LogP contribution in [0.2, 0.25) is 0 Å². The minimum atomic E-state index is -0.173. The van der Waals surface area contributed by atoms with Crippen LogP contribution in [-0.4, -0.2) is 36.1 Å². The Balaban J connectivity index is 1.98. The van der Waals surface area contributed by atoms with Crippen LogP contribution in [0.4, 0.5) is 0 Å². The maximum atomic E-state index is 12.3. The zero-order chi connectivity index (χ0) is 16.1. The molecule has 0 aromatic heterocycles. The van der Waals surface area contributed by atoms with Gasteiger partial charge in [-0.05, 0) is 65.8 Å². The molecule has 120 valence electrons. The van der Waals surface area contributed by atoms with Crippen molar-refractivity contribution in [1.82, 2.24) is 10.2 Å². The first-order chi connectivity index (χ1) is 10.5. The summed E-state index contributed by atoms with van der Waals surface area (Å²) in [6.07, 6.45) is 6.07. The molecule has 0 unspecified atom stereocenters. The van der Waals surface area contributed by atoms with Crippen molar-refractivity contribution in [3.05, 3.63) is 27.3 Å². The molecule has 1 aromatic rings. The first-order valence-corrected chi connectivity index (χ1v) is 8.93. The predicted molar refractivity (Wildman–Crippen MR) is 100 cm³/mol. The molecule has 0 heterocycles. The van der Waals surface area contributed by atoms with Crippen molar-refractivity contribution >= 4 is 45.8 Å². The van der Waals surface area contributed by atoms with Gasteiger partial charge in [-0.1, -0.05) is 19.3 Å². The minimum Gasteiger partial charge on any atom is -0.496 e. The van der Waals surface area contributed by atoms with Crippen LogP contribution in [-0.2, 0) is 0 Å². The van der Waals surface area contributed by atoms with Gasteiger partial charge in [0.2, 0.25) is 0 Å². The van der Waals surface area contributed by atoms with Crippen molar-refractivity contribution in [3.8, 4) is 5.75 Å². The lowest BCUT2D eigenvalue weighted by molar-refractivity contribution is 0.0971. The van der Waals surface area contributed by atoms with Gasteiger partial charge in [-0.25, -0.2) is 0 Å². The van der Waals surface area contributed by atoms with E-state index in [4.69, 9.17) is 17.0 Å². The zero-order valence-electron chi connectivity index (χ0n) is 12.9. The van der Waals surface area contributed by atoms with E-state index < -0.39 is 0 Å². The first kappa shape index (κ1) is 17.5. The summed E-state index contributed by atoms with van der Waals surface area (Å²) >= 11 is 7.54. The molecule has 1 aliphatic rings. The number of halogens is 1. The SMILES string of the molecule is COc1ccc(C(=O)NC(=S)N(C)C2CCCCC2)cc1I. The molecule has 0 spiro atoms. The van der Waals surface area contributed by atoms with Crippen LogP contribution < -0.4 is 10.1 Å². The second-order valence-electron chi connectivity index (χ2n) is 5.51. The molecule has 6 heteroatoms. The van der Waals surface area contributed by atoms with Gasteiger partial charge in [-0.15, -0.1) is 0 Å². The van der Waals surface area contributed by atoms with E-state index in [-0.39, 0.29) is 5.91 Å². The smallest absolute Gasteiger partial charge is 0.257 e. The van der Waals surface area contributed by atoms with Gasteiger partial charge >= 0.3 is 0 Å². The Morgan fingerprint density at radius 2 is 2.05 bits per heavy atom. The molecule has 0 saturated heterocycles. The lowest BCUT2D eigenvalue weighted by Crippen LogP contribution is -2.46. The third kappa shape index (κ3) is 4.32. The summed E-state index contributed by atoms with van der Waals surface area (Å²) in [5.41, 5.74) is 0.588. The normalized spacial score (nSPS) is 15.2. The Kier molecular flexibility index (Phi) is 6.43. The minimum absolute atomic E-state index is 0.173. The maximum Gasteiger partial charge on any atom is 0.257 e. The quantitative estimate of drug-likeness (QED) is 0.586. The molecule has 1 amide bonds. The van der Waals surface area contributed by atoms with Crippen molar-refractivity contribution in [2.75, 3.05) is 14.2 Å². The van der Waals surface area contributed by atoms with Gasteiger partial charge in [0.15, 0.2) is 5.11 Å². The van der Waals surface area contributed by atoms with Gasteiger partial charge in [0, 0.05) is 18.7 Å². The number of ether oxygens (including phenoxy) is 1. The van der Waals surface area contributed by atoms with E-state index in [1.165, 1.54) is 19.3 Å². The fourth-order valence-electron chi connectivity index (χ4n) is 2.70. The molecule has 1 aromatic carbocycles. The number of amides is 1. The highest BCUT2D eigenvalue weighted by Gasteiger charge is 2.21. The van der Waals surface area contributed by atoms with Crippen LogP contribution in [0.3, 0.4) is 0 Å². The molecular weight excluding hydrogens is 411 g/mol. The van der Waals surface area contributed by atoms with E-state index >= 15 is 0 Å². The highest BCUT2D eigenvalue weighted by molar-refractivity contribution is 14.1. The second kappa shape index (κ2) is 8.10. The Labute approximate surface area is 150 Å². The summed E-state index contributed by atoms with van der Waals surface area (Å²) in [7, 11) is 3.59. The van der Waals surface area contributed by atoms with Crippen LogP contribution in [0, 0.1) is 3.57 Å². The number of thiocarbonyl (C=S) groups is 1. The van der Waals surface area contributed by atoms with Crippen molar-refractivity contribution in [2.45, 2.75) is 38.1 Å². The first-order valence-electron chi connectivity index (χ1n) is 7.44. The number of carbonyl (C=O) groups is 1. The van der Waals surface area contributed by atoms with Crippen LogP contribution in [0.1, 0.15) is 42.5 Å². The van der Waals surface area contributed by atoms with Crippen molar-refractivity contribution in [1.29, 1.82) is 0 Å². The van der Waals surface area contributed by atoms with E-state index in [1.807, 2.05) is 11.9 Å². The zero-order valence-corrected chi connectivity index (χ0v) is 15.9. The summed E-state index contributed by atoms with van der Waals surface area (Å²) < 4.78 is 6.11. The molecule has 0 bridgehead atoms. The van der Waals surface area contributed by atoms with Gasteiger partial charge in [0.25, 0.3) is 5.91 Å². The summed E-state index contributed by atoms with van der Waals surface area (Å²) in [5.74, 6) is 0.590. The van der Waals surface area contributed by atoms with Crippen molar-refractivity contribution in [3.63, 3.8) is 0 Å². The Bertz CT molecular complexity index is 559. The molecule has 0 aliphatic heterocycles. The number of hydrogen-bond acceptors (Lipinski definition) is 3. The fourth-order valence-corrected chi connectivity index (χ4v) is 3.68. The van der Waals surface area contributed by atoms with Gasteiger partial charge in [-0.2, -0.15) is 0 Å². The van der Waals surface area contributed by atoms with Crippen LogP contribution in [0.15, 0.2) is 18.2 Å². The Morgan fingerprint density at radius 1 is 1.36 bits per heavy atom. The Hall–Kier alpha value is -0.890. The molecule has 22 heavy (non-hydrogen) atoms. The van der Waals surface area contributed by atoms with Gasteiger partial charge in [-0.3, -0.25) is 10.1 Å². The molecule has 0 radical (unpaired) electrons. The molecule has 1 saturated carbocycles. The standard InChI is InChI=1S/C16H21IN2O2S/c1-19(12-6-4-3-5-7-12)16(22)18-15(20)11-8-9-14(21-2)13(17)10-11/h8-10,12H,3-7H2,1-2H3,(H,18,20,22). The van der Waals surface area contributed by atoms with E-state index in [0.717, 1.165) is 22.2 Å². The number of nitrogens with zero attached hydrogens (tertiary/aromatic N) is 1. The van der Waals surface area contributed by atoms with Gasteiger partial charge in [0.1, 0.15) is 5.75 Å². The highest BCUT2D eigenvalue weighted by atomic mass is 127. The van der Waals surface area contributed by atoms with Crippen LogP contribution >= 0.6 is 34.8 Å². The third-order valence-electron chi connectivity index (χ3n) is 4.08. The van der Waals surface area contributed by atoms with E-state index in [0.29, 0.717) is 16.7 Å². The second-order valence-corrected chi connectivity index (χ2v) is 7.06. The summed E-state index contributed by atoms with van der Waals surface area (Å²) in [6, 6.07) is 5.79. The molecule has 1 aliphatic carbocycles. The predicted octanol–water partition coefficient (Wildman–Crippen LogP) is 3.58. The maximum absolute atomic E-state index is 12.3. The summed E-state index contributed by atoms with van der Waals surface area (Å²) in [5, 5.41) is 3.33. The molecule has 1 N–H and O–H groups in total. The number of rotatable bonds is 3. The van der Waals surface area contributed by atoms with E-state index in [2.05, 4.69) is 27.9 Å². The van der Waals surface area contributed by atoms with Crippen molar-refractivity contribution < 1.29 is 9.53 Å². The molecule has 4 nitrogen and oxygen atoms in total. The van der Waals surface area contributed by atoms with Gasteiger partial charge < -0.3 is 9.64 Å². The highest BCUT2D eigenvalue weighted by Crippen LogP contribution is 2.23. The monoisotopic (exact) mass is 432 g/mol. The van der Waals surface area contributed by atoms with Gasteiger partial charge in [0.05, 0.1) is 10.7 Å². The Morgan fingerprint density at radius 3 is 2.64 bits per heavy atom. The largest absolute Gasteiger partial charge is 0.496 e. The molecule has 1 fully saturated rings. The average Bonchev–Trinajstić information content (AvgIpc) is 2.54. The molecular formula is C16H21IN2O2S. The third-order valence-corrected chi connectivity index (χ3v) is 5.31. The lowest BCUT2D eigenvalue weighted by Gasteiger charge is -2.32. The lowest BCUT2D eigenvalue weighted by atomic mass is 9.95. The molecule has 2 rings (SSSR count). The molecule has 0 atom stereocenters. The number of hydrogen-bond donors (Lipinski definition) is 1. The number of carbonyl (C=O) groups excluding carboxylic acids is 1. The number of methoxy groups -OCH3 is 1. The number of nitrogens with one attached hydrogen (secondary N) is 1. The van der Waals surface area contributed by atoms with E-state index in [9.17, 15) is 4.79 Å². The van der Waals surface area contributed by atoms with Crippen molar-refractivity contribution in [2.24, 2.45) is 0 Å². The van der Waals surface area contributed by atoms with Crippen LogP contribution in [0.5, 0.6) is 5.75 Å².